The maximum Gasteiger partial charge on any atom is 0.257 e. The molecule has 1 aromatic carbocycles. The molecule has 2 rings (SSSR count). The maximum absolute atomic E-state index is 11.5. The van der Waals surface area contributed by atoms with Crippen molar-refractivity contribution in [3.8, 4) is 5.75 Å². The molecule has 0 saturated carbocycles. The SMILES string of the molecule is CCNC(=O)COc1cccc(CN=C(NCC)NCC(C)c2ccsc2)c1.I. The van der Waals surface area contributed by atoms with Crippen molar-refractivity contribution in [3.05, 3.63) is 52.2 Å². The molecule has 8 heteroatoms. The van der Waals surface area contributed by atoms with Crippen LogP contribution >= 0.6 is 35.3 Å². The summed E-state index contributed by atoms with van der Waals surface area (Å²) in [6.45, 7) is 8.90. The number of thiophene rings is 1. The second kappa shape index (κ2) is 14.2. The zero-order valence-electron chi connectivity index (χ0n) is 17.2. The quantitative estimate of drug-likeness (QED) is 0.249. The number of nitrogens with zero attached hydrogens (tertiary/aromatic N) is 1. The number of carbonyl (C=O) groups excluding carboxylic acids is 1. The summed E-state index contributed by atoms with van der Waals surface area (Å²) in [5.41, 5.74) is 2.36. The van der Waals surface area contributed by atoms with Crippen LogP contribution in [-0.2, 0) is 11.3 Å². The molecule has 0 spiro atoms. The molecule has 1 amide bonds. The van der Waals surface area contributed by atoms with Crippen LogP contribution in [0, 0.1) is 0 Å². The van der Waals surface area contributed by atoms with Crippen molar-refractivity contribution in [2.45, 2.75) is 33.2 Å². The Morgan fingerprint density at radius 2 is 1.97 bits per heavy atom. The molecular formula is C21H31IN4O2S. The fourth-order valence-corrected chi connectivity index (χ4v) is 3.35. The minimum atomic E-state index is -0.121. The van der Waals surface area contributed by atoms with E-state index in [0.29, 0.717) is 24.8 Å². The van der Waals surface area contributed by atoms with Gasteiger partial charge in [0.25, 0.3) is 5.91 Å². The molecule has 0 aliphatic carbocycles. The minimum Gasteiger partial charge on any atom is -0.484 e. The summed E-state index contributed by atoms with van der Waals surface area (Å²) >= 11 is 1.72. The molecule has 1 atom stereocenters. The van der Waals surface area contributed by atoms with E-state index in [1.807, 2.05) is 31.2 Å². The topological polar surface area (TPSA) is 74.8 Å². The highest BCUT2D eigenvalue weighted by Gasteiger charge is 2.07. The molecule has 0 radical (unpaired) electrons. The first-order valence-electron chi connectivity index (χ1n) is 9.65. The van der Waals surface area contributed by atoms with Gasteiger partial charge in [-0.3, -0.25) is 4.79 Å². The number of hydrogen-bond donors (Lipinski definition) is 3. The third kappa shape index (κ3) is 9.49. The molecule has 0 saturated heterocycles. The Balaban J connectivity index is 0.00000420. The summed E-state index contributed by atoms with van der Waals surface area (Å²) in [6, 6.07) is 9.84. The Morgan fingerprint density at radius 1 is 1.17 bits per heavy atom. The summed E-state index contributed by atoms with van der Waals surface area (Å²) in [7, 11) is 0. The highest BCUT2D eigenvalue weighted by Crippen LogP contribution is 2.17. The smallest absolute Gasteiger partial charge is 0.257 e. The van der Waals surface area contributed by atoms with E-state index in [9.17, 15) is 4.79 Å². The van der Waals surface area contributed by atoms with Crippen LogP contribution in [0.2, 0.25) is 0 Å². The Morgan fingerprint density at radius 3 is 2.66 bits per heavy atom. The van der Waals surface area contributed by atoms with Crippen molar-refractivity contribution in [1.29, 1.82) is 0 Å². The fraction of sp³-hybridized carbons (Fsp3) is 0.429. The van der Waals surface area contributed by atoms with E-state index in [0.717, 1.165) is 24.6 Å². The predicted molar refractivity (Wildman–Crippen MR) is 132 cm³/mol. The third-order valence-corrected chi connectivity index (χ3v) is 4.80. The molecule has 29 heavy (non-hydrogen) atoms. The first-order chi connectivity index (χ1) is 13.6. The normalized spacial score (nSPS) is 11.9. The summed E-state index contributed by atoms with van der Waals surface area (Å²) in [5.74, 6) is 1.76. The first kappa shape index (κ1) is 25.2. The molecule has 6 nitrogen and oxygen atoms in total. The minimum absolute atomic E-state index is 0. The second-order valence-corrected chi connectivity index (χ2v) is 7.20. The van der Waals surface area contributed by atoms with E-state index in [2.05, 4.69) is 51.6 Å². The summed E-state index contributed by atoms with van der Waals surface area (Å²) in [4.78, 5) is 16.2. The Hall–Kier alpha value is -1.81. The fourth-order valence-electron chi connectivity index (χ4n) is 2.57. The second-order valence-electron chi connectivity index (χ2n) is 6.42. The largest absolute Gasteiger partial charge is 0.484 e. The monoisotopic (exact) mass is 530 g/mol. The molecule has 2 aromatic rings. The van der Waals surface area contributed by atoms with Crippen LogP contribution in [0.5, 0.6) is 5.75 Å². The van der Waals surface area contributed by atoms with Crippen LogP contribution in [0.15, 0.2) is 46.1 Å². The van der Waals surface area contributed by atoms with Gasteiger partial charge in [-0.05, 0) is 59.9 Å². The van der Waals surface area contributed by atoms with Gasteiger partial charge in [-0.1, -0.05) is 19.1 Å². The van der Waals surface area contributed by atoms with Crippen LogP contribution in [0.3, 0.4) is 0 Å². The molecule has 0 bridgehead atoms. The molecule has 0 fully saturated rings. The maximum atomic E-state index is 11.5. The lowest BCUT2D eigenvalue weighted by Gasteiger charge is -2.15. The number of nitrogens with one attached hydrogen (secondary N) is 3. The van der Waals surface area contributed by atoms with E-state index in [4.69, 9.17) is 4.74 Å². The van der Waals surface area contributed by atoms with E-state index in [1.165, 1.54) is 5.56 Å². The van der Waals surface area contributed by atoms with Gasteiger partial charge in [0.15, 0.2) is 12.6 Å². The van der Waals surface area contributed by atoms with Crippen molar-refractivity contribution < 1.29 is 9.53 Å². The van der Waals surface area contributed by atoms with Gasteiger partial charge in [0.05, 0.1) is 6.54 Å². The molecule has 1 unspecified atom stereocenters. The van der Waals surface area contributed by atoms with Crippen LogP contribution in [-0.4, -0.2) is 38.1 Å². The van der Waals surface area contributed by atoms with E-state index >= 15 is 0 Å². The standard InChI is InChI=1S/C21H30N4O2S.HI/c1-4-22-20(26)14-27-19-8-6-7-17(11-19)13-25-21(23-5-2)24-12-16(3)18-9-10-28-15-18;/h6-11,15-16H,4-5,12-14H2,1-3H3,(H,22,26)(H2,23,24,25);1H. The number of aliphatic imine (C=N–C) groups is 1. The molecule has 1 aromatic heterocycles. The van der Waals surface area contributed by atoms with Gasteiger partial charge in [0, 0.05) is 19.6 Å². The lowest BCUT2D eigenvalue weighted by molar-refractivity contribution is -0.122. The number of guanidine groups is 1. The van der Waals surface area contributed by atoms with Crippen LogP contribution in [0.25, 0.3) is 0 Å². The Labute approximate surface area is 194 Å². The average molecular weight is 530 g/mol. The van der Waals surface area contributed by atoms with Crippen molar-refractivity contribution >= 4 is 47.2 Å². The number of amides is 1. The number of rotatable bonds is 10. The molecule has 1 heterocycles. The zero-order valence-corrected chi connectivity index (χ0v) is 20.4. The summed E-state index contributed by atoms with van der Waals surface area (Å²) in [6.07, 6.45) is 0. The number of carbonyl (C=O) groups is 1. The van der Waals surface area contributed by atoms with Crippen LogP contribution in [0.4, 0.5) is 0 Å². The number of ether oxygens (including phenoxy) is 1. The number of halogens is 1. The van der Waals surface area contributed by atoms with Crippen molar-refractivity contribution in [1.82, 2.24) is 16.0 Å². The Bertz CT molecular complexity index is 753. The van der Waals surface area contributed by atoms with E-state index in [1.54, 1.807) is 11.3 Å². The van der Waals surface area contributed by atoms with Gasteiger partial charge in [0.2, 0.25) is 0 Å². The zero-order chi connectivity index (χ0) is 20.2. The van der Waals surface area contributed by atoms with Gasteiger partial charge in [-0.25, -0.2) is 4.99 Å². The lowest BCUT2D eigenvalue weighted by Crippen LogP contribution is -2.39. The molecule has 0 aliphatic heterocycles. The lowest BCUT2D eigenvalue weighted by atomic mass is 10.1. The highest BCUT2D eigenvalue weighted by molar-refractivity contribution is 14.0. The molecule has 160 valence electrons. The van der Waals surface area contributed by atoms with Crippen molar-refractivity contribution in [2.24, 2.45) is 4.99 Å². The van der Waals surface area contributed by atoms with Crippen molar-refractivity contribution in [2.75, 3.05) is 26.2 Å². The van der Waals surface area contributed by atoms with E-state index in [-0.39, 0.29) is 36.5 Å². The summed E-state index contributed by atoms with van der Waals surface area (Å²) < 4.78 is 5.54. The Kier molecular flexibility index (Phi) is 12.4. The van der Waals surface area contributed by atoms with Crippen LogP contribution in [0.1, 0.15) is 37.8 Å². The third-order valence-electron chi connectivity index (χ3n) is 4.09. The van der Waals surface area contributed by atoms with Gasteiger partial charge >= 0.3 is 0 Å². The molecule has 0 aliphatic rings. The number of hydrogen-bond acceptors (Lipinski definition) is 4. The molecule has 3 N–H and O–H groups in total. The van der Waals surface area contributed by atoms with Gasteiger partial charge in [0.1, 0.15) is 5.75 Å². The molecular weight excluding hydrogens is 499 g/mol. The highest BCUT2D eigenvalue weighted by atomic mass is 127. The van der Waals surface area contributed by atoms with E-state index < -0.39 is 0 Å². The van der Waals surface area contributed by atoms with Gasteiger partial charge in [-0.2, -0.15) is 11.3 Å². The number of likely N-dealkylation sites (N-methyl/N-ethyl adjacent to an activating group) is 1. The van der Waals surface area contributed by atoms with Gasteiger partial charge < -0.3 is 20.7 Å². The first-order valence-corrected chi connectivity index (χ1v) is 10.6. The van der Waals surface area contributed by atoms with Crippen molar-refractivity contribution in [3.63, 3.8) is 0 Å². The van der Waals surface area contributed by atoms with Gasteiger partial charge in [-0.15, -0.1) is 24.0 Å². The summed E-state index contributed by atoms with van der Waals surface area (Å²) in [5, 5.41) is 13.7. The van der Waals surface area contributed by atoms with Crippen LogP contribution < -0.4 is 20.7 Å². The number of benzene rings is 1. The predicted octanol–water partition coefficient (Wildman–Crippen LogP) is 3.74. The average Bonchev–Trinajstić information content (AvgIpc) is 3.24.